The standard InChI is InChI=1S/C10H10F3N3O2/c1-5(7(17)10(11,12)13)9-15-8(16-18-9)6-3-2-4-14-6/h2-5,7,14,17H,1H3. The lowest BCUT2D eigenvalue weighted by Gasteiger charge is -2.17. The average molecular weight is 261 g/mol. The molecular weight excluding hydrogens is 251 g/mol. The summed E-state index contributed by atoms with van der Waals surface area (Å²) in [7, 11) is 0. The molecule has 8 heteroatoms. The third-order valence-corrected chi connectivity index (χ3v) is 2.48. The summed E-state index contributed by atoms with van der Waals surface area (Å²) in [6.45, 7) is 1.17. The summed E-state index contributed by atoms with van der Waals surface area (Å²) in [5.74, 6) is -1.43. The summed E-state index contributed by atoms with van der Waals surface area (Å²) in [6, 6.07) is 3.35. The van der Waals surface area contributed by atoms with E-state index in [4.69, 9.17) is 9.63 Å². The summed E-state index contributed by atoms with van der Waals surface area (Å²) in [5, 5.41) is 12.6. The summed E-state index contributed by atoms with van der Waals surface area (Å²) in [6.07, 6.45) is -5.63. The van der Waals surface area contributed by atoms with Crippen LogP contribution in [0, 0.1) is 0 Å². The molecule has 2 atom stereocenters. The second-order valence-electron chi connectivity index (χ2n) is 3.82. The molecule has 0 saturated heterocycles. The molecule has 0 spiro atoms. The first-order valence-electron chi connectivity index (χ1n) is 5.11. The number of rotatable bonds is 3. The molecule has 0 aromatic carbocycles. The Bertz CT molecular complexity index is 507. The Morgan fingerprint density at radius 2 is 2.17 bits per heavy atom. The molecule has 18 heavy (non-hydrogen) atoms. The van der Waals surface area contributed by atoms with Crippen LogP contribution in [0.25, 0.3) is 11.5 Å². The van der Waals surface area contributed by atoms with E-state index < -0.39 is 18.2 Å². The highest BCUT2D eigenvalue weighted by molar-refractivity contribution is 5.47. The third-order valence-electron chi connectivity index (χ3n) is 2.48. The fourth-order valence-corrected chi connectivity index (χ4v) is 1.42. The van der Waals surface area contributed by atoms with Crippen LogP contribution < -0.4 is 0 Å². The number of halogens is 3. The van der Waals surface area contributed by atoms with Crippen molar-refractivity contribution in [2.45, 2.75) is 25.1 Å². The van der Waals surface area contributed by atoms with Gasteiger partial charge in [0.05, 0.1) is 11.6 Å². The third kappa shape index (κ3) is 2.37. The molecule has 0 amide bonds. The van der Waals surface area contributed by atoms with Crippen LogP contribution in [-0.4, -0.2) is 32.5 Å². The molecule has 0 saturated carbocycles. The van der Waals surface area contributed by atoms with E-state index in [0.29, 0.717) is 5.69 Å². The van der Waals surface area contributed by atoms with Crippen LogP contribution in [0.1, 0.15) is 18.7 Å². The SMILES string of the molecule is CC(c1nc(-c2ccc[nH]2)no1)C(O)C(F)(F)F. The minimum Gasteiger partial charge on any atom is -0.383 e. The van der Waals surface area contributed by atoms with Crippen LogP contribution in [0.5, 0.6) is 0 Å². The molecule has 0 aliphatic carbocycles. The zero-order valence-corrected chi connectivity index (χ0v) is 9.27. The average Bonchev–Trinajstić information content (AvgIpc) is 2.95. The summed E-state index contributed by atoms with van der Waals surface area (Å²) in [5.41, 5.74) is 0.527. The van der Waals surface area contributed by atoms with E-state index in [1.807, 2.05) is 0 Å². The van der Waals surface area contributed by atoms with Crippen LogP contribution in [0.15, 0.2) is 22.9 Å². The number of aromatic amines is 1. The van der Waals surface area contributed by atoms with Crippen molar-refractivity contribution in [3.05, 3.63) is 24.2 Å². The fourth-order valence-electron chi connectivity index (χ4n) is 1.42. The van der Waals surface area contributed by atoms with Gasteiger partial charge in [-0.1, -0.05) is 12.1 Å². The van der Waals surface area contributed by atoms with Gasteiger partial charge in [-0.25, -0.2) is 0 Å². The molecule has 5 nitrogen and oxygen atoms in total. The number of aromatic nitrogens is 3. The van der Waals surface area contributed by atoms with Gasteiger partial charge in [-0.05, 0) is 12.1 Å². The van der Waals surface area contributed by atoms with Crippen molar-refractivity contribution in [1.82, 2.24) is 15.1 Å². The predicted molar refractivity (Wildman–Crippen MR) is 54.6 cm³/mol. The maximum atomic E-state index is 12.3. The zero-order valence-electron chi connectivity index (χ0n) is 9.27. The Balaban J connectivity index is 2.20. The topological polar surface area (TPSA) is 74.9 Å². The van der Waals surface area contributed by atoms with Crippen LogP contribution in [-0.2, 0) is 0 Å². The molecular formula is C10H10F3N3O2. The molecule has 2 unspecified atom stereocenters. The summed E-state index contributed by atoms with van der Waals surface area (Å²) >= 11 is 0. The van der Waals surface area contributed by atoms with Gasteiger partial charge in [0, 0.05) is 6.20 Å². The minimum absolute atomic E-state index is 0.149. The monoisotopic (exact) mass is 261 g/mol. The lowest BCUT2D eigenvalue weighted by atomic mass is 10.1. The van der Waals surface area contributed by atoms with Gasteiger partial charge in [-0.2, -0.15) is 18.2 Å². The number of nitrogens with one attached hydrogen (secondary N) is 1. The predicted octanol–water partition coefficient (Wildman–Crippen LogP) is 2.09. The number of aliphatic hydroxyl groups is 1. The van der Waals surface area contributed by atoms with Gasteiger partial charge in [0.1, 0.15) is 0 Å². The first-order chi connectivity index (χ1) is 8.39. The highest BCUT2D eigenvalue weighted by Gasteiger charge is 2.44. The molecule has 0 bridgehead atoms. The van der Waals surface area contributed by atoms with Gasteiger partial charge in [-0.15, -0.1) is 0 Å². The first kappa shape index (κ1) is 12.6. The van der Waals surface area contributed by atoms with Gasteiger partial charge >= 0.3 is 6.18 Å². The van der Waals surface area contributed by atoms with Crippen molar-refractivity contribution in [3.8, 4) is 11.5 Å². The van der Waals surface area contributed by atoms with Crippen LogP contribution in [0.3, 0.4) is 0 Å². The Hall–Kier alpha value is -1.83. The number of hydrogen-bond acceptors (Lipinski definition) is 4. The van der Waals surface area contributed by atoms with Crippen molar-refractivity contribution >= 4 is 0 Å². The van der Waals surface area contributed by atoms with E-state index in [9.17, 15) is 13.2 Å². The minimum atomic E-state index is -4.72. The van der Waals surface area contributed by atoms with Crippen LogP contribution >= 0.6 is 0 Å². The van der Waals surface area contributed by atoms with Crippen molar-refractivity contribution < 1.29 is 22.8 Å². The number of aliphatic hydroxyl groups excluding tert-OH is 1. The van der Waals surface area contributed by atoms with Crippen molar-refractivity contribution in [2.24, 2.45) is 0 Å². The fraction of sp³-hybridized carbons (Fsp3) is 0.400. The van der Waals surface area contributed by atoms with Gasteiger partial charge in [0.15, 0.2) is 6.10 Å². The molecule has 0 radical (unpaired) electrons. The van der Waals surface area contributed by atoms with Gasteiger partial charge in [0.25, 0.3) is 0 Å². The Morgan fingerprint density at radius 3 is 2.72 bits per heavy atom. The summed E-state index contributed by atoms with van der Waals surface area (Å²) in [4.78, 5) is 6.61. The lowest BCUT2D eigenvalue weighted by molar-refractivity contribution is -0.210. The number of hydrogen-bond donors (Lipinski definition) is 2. The van der Waals surface area contributed by atoms with E-state index in [2.05, 4.69) is 15.1 Å². The number of alkyl halides is 3. The first-order valence-corrected chi connectivity index (χ1v) is 5.11. The molecule has 0 fully saturated rings. The maximum absolute atomic E-state index is 12.3. The molecule has 2 aromatic heterocycles. The molecule has 2 N–H and O–H groups in total. The molecule has 98 valence electrons. The van der Waals surface area contributed by atoms with E-state index >= 15 is 0 Å². The zero-order chi connectivity index (χ0) is 13.3. The number of H-pyrrole nitrogens is 1. The van der Waals surface area contributed by atoms with E-state index in [0.717, 1.165) is 0 Å². The molecule has 2 aromatic rings. The van der Waals surface area contributed by atoms with Crippen molar-refractivity contribution in [1.29, 1.82) is 0 Å². The Labute approximate surface area is 99.6 Å². The molecule has 2 heterocycles. The second kappa shape index (κ2) is 4.45. The highest BCUT2D eigenvalue weighted by atomic mass is 19.4. The Morgan fingerprint density at radius 1 is 1.44 bits per heavy atom. The van der Waals surface area contributed by atoms with Gasteiger partial charge in [-0.3, -0.25) is 0 Å². The lowest BCUT2D eigenvalue weighted by Crippen LogP contribution is -2.33. The quantitative estimate of drug-likeness (QED) is 0.887. The highest BCUT2D eigenvalue weighted by Crippen LogP contribution is 2.31. The van der Waals surface area contributed by atoms with E-state index in [-0.39, 0.29) is 11.7 Å². The normalized spacial score (nSPS) is 15.6. The van der Waals surface area contributed by atoms with Gasteiger partial charge in [0.2, 0.25) is 11.7 Å². The second-order valence-corrected chi connectivity index (χ2v) is 3.82. The smallest absolute Gasteiger partial charge is 0.383 e. The van der Waals surface area contributed by atoms with E-state index in [1.54, 1.807) is 18.3 Å². The van der Waals surface area contributed by atoms with Crippen LogP contribution in [0.2, 0.25) is 0 Å². The van der Waals surface area contributed by atoms with Gasteiger partial charge < -0.3 is 14.6 Å². The molecule has 0 aliphatic heterocycles. The molecule has 0 aliphatic rings. The largest absolute Gasteiger partial charge is 0.415 e. The van der Waals surface area contributed by atoms with E-state index in [1.165, 1.54) is 6.92 Å². The maximum Gasteiger partial charge on any atom is 0.415 e. The van der Waals surface area contributed by atoms with Crippen molar-refractivity contribution in [2.75, 3.05) is 0 Å². The summed E-state index contributed by atoms with van der Waals surface area (Å²) < 4.78 is 41.7. The number of nitrogens with zero attached hydrogens (tertiary/aromatic N) is 2. The van der Waals surface area contributed by atoms with Crippen molar-refractivity contribution in [3.63, 3.8) is 0 Å². The molecule has 2 rings (SSSR count). The Kier molecular flexibility index (Phi) is 3.12. The van der Waals surface area contributed by atoms with Crippen LogP contribution in [0.4, 0.5) is 13.2 Å².